The molecule has 0 radical (unpaired) electrons. The van der Waals surface area contributed by atoms with E-state index in [1.807, 2.05) is 35.0 Å². The molecule has 1 aromatic heterocycles. The van der Waals surface area contributed by atoms with E-state index < -0.39 is 0 Å². The second kappa shape index (κ2) is 3.19. The Bertz CT molecular complexity index is 415. The summed E-state index contributed by atoms with van der Waals surface area (Å²) < 4.78 is 2.85. The van der Waals surface area contributed by atoms with Gasteiger partial charge < -0.3 is 0 Å². The number of rotatable bonds is 1. The van der Waals surface area contributed by atoms with Crippen LogP contribution >= 0.6 is 0 Å². The predicted octanol–water partition coefficient (Wildman–Crippen LogP) is 1.28. The number of H-pyrrole nitrogens is 1. The molecule has 1 heterocycles. The van der Waals surface area contributed by atoms with Crippen LogP contribution in [-0.4, -0.2) is 14.8 Å². The summed E-state index contributed by atoms with van der Waals surface area (Å²) in [5, 5.41) is 3.02. The number of nitrogens with zero attached hydrogens (tertiary/aromatic N) is 2. The summed E-state index contributed by atoms with van der Waals surface area (Å²) in [6, 6.07) is 10.0. The van der Waals surface area contributed by atoms with Gasteiger partial charge in [-0.2, -0.15) is 0 Å². The Morgan fingerprint density at radius 3 is 2.58 bits per heavy atom. The summed E-state index contributed by atoms with van der Waals surface area (Å²) in [7, 11) is 0. The summed E-state index contributed by atoms with van der Waals surface area (Å²) in [4.78, 5) is 4.09. The zero-order valence-electron chi connectivity index (χ0n) is 6.17. The first kappa shape index (κ1) is 7.68. The first-order valence-corrected chi connectivity index (χ1v) is 4.65. The van der Waals surface area contributed by atoms with Gasteiger partial charge >= 0.3 is 80.3 Å². The number of benzene rings is 1. The molecule has 12 heavy (non-hydrogen) atoms. The standard InChI is InChI=1S/C8H7N3.Pt/c1-2-4-8(5-3-1)11-7-9-6-10-11;/h1-6H,(H,9,10);. The topological polar surface area (TPSA) is 33.6 Å². The molecule has 1 aromatic carbocycles. The molecule has 0 saturated heterocycles. The molecule has 0 amide bonds. The summed E-state index contributed by atoms with van der Waals surface area (Å²) in [6.45, 7) is 0. The van der Waals surface area contributed by atoms with Gasteiger partial charge in [0.15, 0.2) is 0 Å². The maximum absolute atomic E-state index is 4.09. The van der Waals surface area contributed by atoms with E-state index in [0.717, 1.165) is 9.49 Å². The van der Waals surface area contributed by atoms with Gasteiger partial charge in [0.1, 0.15) is 0 Å². The SMILES string of the molecule is [Pt]=[c]1nc[nH]n1-c1ccccc1. The molecule has 4 heteroatoms. The molecule has 3 nitrogen and oxygen atoms in total. The first-order valence-electron chi connectivity index (χ1n) is 3.51. The van der Waals surface area contributed by atoms with Crippen molar-refractivity contribution in [2.24, 2.45) is 0 Å². The second-order valence-corrected chi connectivity index (χ2v) is 3.32. The Kier molecular flexibility index (Phi) is 2.05. The number of aromatic nitrogens is 3. The number of para-hydroxylation sites is 1. The first-order chi connectivity index (χ1) is 5.88. The fourth-order valence-electron chi connectivity index (χ4n) is 0.993. The molecule has 0 aliphatic heterocycles. The van der Waals surface area contributed by atoms with Crippen LogP contribution in [0.4, 0.5) is 0 Å². The van der Waals surface area contributed by atoms with Gasteiger partial charge in [0, 0.05) is 0 Å². The molecule has 0 spiro atoms. The molecule has 0 unspecified atom stereocenters. The van der Waals surface area contributed by atoms with Crippen LogP contribution in [0.1, 0.15) is 0 Å². The normalized spacial score (nSPS) is 10.2. The zero-order chi connectivity index (χ0) is 8.39. The average Bonchev–Trinajstić information content (AvgIpc) is 2.53. The molecule has 2 aromatic rings. The summed E-state index contributed by atoms with van der Waals surface area (Å²) in [6.07, 6.45) is 1.68. The maximum atomic E-state index is 4.09. The minimum absolute atomic E-state index is 0.932. The molecule has 0 fully saturated rings. The van der Waals surface area contributed by atoms with Crippen molar-refractivity contribution < 1.29 is 19.4 Å². The van der Waals surface area contributed by atoms with Crippen LogP contribution in [0.5, 0.6) is 0 Å². The molecular weight excluding hydrogens is 333 g/mol. The quantitative estimate of drug-likeness (QED) is 0.834. The third kappa shape index (κ3) is 1.32. The summed E-state index contributed by atoms with van der Waals surface area (Å²) in [5.41, 5.74) is 1.10. The van der Waals surface area contributed by atoms with Crippen molar-refractivity contribution in [3.63, 3.8) is 0 Å². The molecular formula is C8H7N3Pt. The van der Waals surface area contributed by atoms with Crippen molar-refractivity contribution in [2.45, 2.75) is 0 Å². The Balaban J connectivity index is 2.59. The Labute approximate surface area is 80.5 Å². The third-order valence-electron chi connectivity index (χ3n) is 1.54. The van der Waals surface area contributed by atoms with E-state index in [1.165, 1.54) is 0 Å². The van der Waals surface area contributed by atoms with E-state index in [-0.39, 0.29) is 0 Å². The molecule has 0 saturated carbocycles. The molecule has 2 rings (SSSR count). The summed E-state index contributed by atoms with van der Waals surface area (Å²) >= 11 is 2.16. The second-order valence-electron chi connectivity index (χ2n) is 2.30. The fraction of sp³-hybridized carbons (Fsp3) is 0. The molecule has 0 aliphatic carbocycles. The Hall–Kier alpha value is -0.952. The van der Waals surface area contributed by atoms with Crippen molar-refractivity contribution in [1.82, 2.24) is 14.8 Å². The van der Waals surface area contributed by atoms with Crippen LogP contribution in [0.3, 0.4) is 0 Å². The third-order valence-corrected chi connectivity index (χ3v) is 2.34. The van der Waals surface area contributed by atoms with E-state index in [4.69, 9.17) is 0 Å². The van der Waals surface area contributed by atoms with Crippen LogP contribution in [-0.2, 0) is 19.4 Å². The molecule has 0 bridgehead atoms. The van der Waals surface area contributed by atoms with Crippen LogP contribution in [0.25, 0.3) is 5.69 Å². The molecule has 1 N–H and O–H groups in total. The van der Waals surface area contributed by atoms with Gasteiger partial charge in [0.05, 0.1) is 0 Å². The molecule has 0 atom stereocenters. The van der Waals surface area contributed by atoms with Gasteiger partial charge in [0.2, 0.25) is 0 Å². The number of aromatic amines is 1. The van der Waals surface area contributed by atoms with Gasteiger partial charge in [-0.25, -0.2) is 0 Å². The van der Waals surface area contributed by atoms with Gasteiger partial charge in [-0.05, 0) is 0 Å². The minimum atomic E-state index is 0.932. The van der Waals surface area contributed by atoms with Gasteiger partial charge in [-0.1, -0.05) is 0 Å². The van der Waals surface area contributed by atoms with E-state index in [9.17, 15) is 0 Å². The number of hydrogen-bond acceptors (Lipinski definition) is 1. The molecule has 64 valence electrons. The van der Waals surface area contributed by atoms with Gasteiger partial charge in [0.25, 0.3) is 0 Å². The van der Waals surface area contributed by atoms with Crippen molar-refractivity contribution in [2.75, 3.05) is 0 Å². The number of hydrogen-bond donors (Lipinski definition) is 1. The monoisotopic (exact) mass is 340 g/mol. The fourth-order valence-corrected chi connectivity index (χ4v) is 1.58. The van der Waals surface area contributed by atoms with Crippen molar-refractivity contribution >= 4 is 0 Å². The van der Waals surface area contributed by atoms with E-state index >= 15 is 0 Å². The molecule has 0 aliphatic rings. The number of nitrogens with one attached hydrogen (secondary N) is 1. The van der Waals surface area contributed by atoms with Crippen LogP contribution in [0.15, 0.2) is 36.7 Å². The van der Waals surface area contributed by atoms with Crippen LogP contribution < -0.4 is 0 Å². The predicted molar refractivity (Wildman–Crippen MR) is 41.2 cm³/mol. The average molecular weight is 340 g/mol. The van der Waals surface area contributed by atoms with Gasteiger partial charge in [-0.3, -0.25) is 0 Å². The van der Waals surface area contributed by atoms with E-state index in [2.05, 4.69) is 29.4 Å². The van der Waals surface area contributed by atoms with E-state index in [1.54, 1.807) is 6.33 Å². The van der Waals surface area contributed by atoms with E-state index in [0.29, 0.717) is 0 Å². The van der Waals surface area contributed by atoms with Crippen LogP contribution in [0, 0.1) is 3.80 Å². The Morgan fingerprint density at radius 1 is 1.25 bits per heavy atom. The van der Waals surface area contributed by atoms with Gasteiger partial charge in [-0.15, -0.1) is 0 Å². The zero-order valence-corrected chi connectivity index (χ0v) is 8.45. The van der Waals surface area contributed by atoms with Crippen LogP contribution in [0.2, 0.25) is 0 Å². The van der Waals surface area contributed by atoms with Crippen molar-refractivity contribution in [3.8, 4) is 5.69 Å². The van der Waals surface area contributed by atoms with Crippen molar-refractivity contribution in [1.29, 1.82) is 0 Å². The van der Waals surface area contributed by atoms with Crippen molar-refractivity contribution in [3.05, 3.63) is 40.5 Å². The summed E-state index contributed by atoms with van der Waals surface area (Å²) in [5.74, 6) is 0. The Morgan fingerprint density at radius 2 is 2.00 bits per heavy atom.